The maximum atomic E-state index is 5.87. The number of fused-ring (bicyclic) bond motifs is 2. The van der Waals surface area contributed by atoms with Gasteiger partial charge in [0.25, 0.3) is 3.25 Å². The molecular formula is C21H16BBrCl6N3S. The monoisotopic (exact) mass is 642 g/mol. The fourth-order valence-electron chi connectivity index (χ4n) is 2.63. The van der Waals surface area contributed by atoms with Crippen LogP contribution in [0.1, 0.15) is 11.1 Å². The first-order chi connectivity index (χ1) is 15.5. The second-order valence-corrected chi connectivity index (χ2v) is 11.1. The number of aromatic nitrogens is 2. The Morgan fingerprint density at radius 2 is 1.27 bits per heavy atom. The van der Waals surface area contributed by atoms with E-state index in [4.69, 9.17) is 69.6 Å². The number of thiol groups is 1. The molecule has 0 unspecified atom stereocenters. The van der Waals surface area contributed by atoms with Crippen molar-refractivity contribution in [3.05, 3.63) is 82.1 Å². The van der Waals surface area contributed by atoms with Crippen molar-refractivity contribution in [1.29, 1.82) is 0 Å². The molecule has 2 heterocycles. The molecule has 2 aromatic carbocycles. The van der Waals surface area contributed by atoms with Crippen molar-refractivity contribution in [2.24, 2.45) is 4.30 Å². The van der Waals surface area contributed by atoms with Crippen LogP contribution in [-0.4, -0.2) is 20.9 Å². The van der Waals surface area contributed by atoms with E-state index in [9.17, 15) is 0 Å². The zero-order valence-electron chi connectivity index (χ0n) is 17.0. The summed E-state index contributed by atoms with van der Waals surface area (Å²) in [6.45, 7) is 2.04. The van der Waals surface area contributed by atoms with Crippen LogP contribution in [0.4, 0.5) is 0 Å². The van der Waals surface area contributed by atoms with Crippen molar-refractivity contribution in [2.45, 2.75) is 15.5 Å². The van der Waals surface area contributed by atoms with E-state index in [1.54, 1.807) is 0 Å². The Hall–Kier alpha value is -0.305. The van der Waals surface area contributed by atoms with Gasteiger partial charge in [-0.2, -0.15) is 0 Å². The molecule has 0 aliphatic heterocycles. The SMILES string of the molecule is Cc1cc(Cl)nc2ccccc12.ClC(Cl)(Cl)Cl.Clc1cc(CBr)c2ccccc2n1.[B]=NS. The van der Waals surface area contributed by atoms with Gasteiger partial charge in [-0.25, -0.2) is 9.97 Å². The van der Waals surface area contributed by atoms with E-state index in [1.165, 1.54) is 16.5 Å². The van der Waals surface area contributed by atoms with Gasteiger partial charge in [0.15, 0.2) is 0 Å². The number of aryl methyl sites for hydroxylation is 1. The molecule has 2 aromatic heterocycles. The first-order valence-corrected chi connectivity index (χ1v) is 12.7. The van der Waals surface area contributed by atoms with E-state index in [-0.39, 0.29) is 0 Å². The second-order valence-electron chi connectivity index (χ2n) is 6.08. The molecule has 4 rings (SSSR count). The molecule has 0 spiro atoms. The molecule has 0 saturated heterocycles. The van der Waals surface area contributed by atoms with Crippen molar-refractivity contribution >= 4 is 128 Å². The van der Waals surface area contributed by atoms with Gasteiger partial charge in [-0.3, -0.25) is 0 Å². The molecule has 173 valence electrons. The van der Waals surface area contributed by atoms with Crippen molar-refractivity contribution < 1.29 is 0 Å². The summed E-state index contributed by atoms with van der Waals surface area (Å²) < 4.78 is 1.08. The number of nitrogens with zero attached hydrogens (tertiary/aromatic N) is 3. The summed E-state index contributed by atoms with van der Waals surface area (Å²) in [5, 5.41) is 4.24. The quantitative estimate of drug-likeness (QED) is 0.0969. The van der Waals surface area contributed by atoms with E-state index >= 15 is 0 Å². The summed E-state index contributed by atoms with van der Waals surface area (Å²) in [5.41, 5.74) is 4.26. The molecule has 0 amide bonds. The van der Waals surface area contributed by atoms with Crippen molar-refractivity contribution in [1.82, 2.24) is 9.97 Å². The number of hydrogen-bond acceptors (Lipinski definition) is 4. The average Bonchev–Trinajstić information content (AvgIpc) is 2.73. The predicted octanol–water partition coefficient (Wildman–Crippen LogP) is 9.72. The first-order valence-electron chi connectivity index (χ1n) is 8.92. The van der Waals surface area contributed by atoms with Gasteiger partial charge in [0, 0.05) is 16.1 Å². The van der Waals surface area contributed by atoms with Crippen LogP contribution in [0, 0.1) is 6.92 Å². The third kappa shape index (κ3) is 12.3. The van der Waals surface area contributed by atoms with Gasteiger partial charge in [-0.15, -0.1) is 0 Å². The molecule has 0 aliphatic rings. The Balaban J connectivity index is 0.000000252. The summed E-state index contributed by atoms with van der Waals surface area (Å²) in [7, 11) is 4.34. The summed E-state index contributed by atoms with van der Waals surface area (Å²) in [6.07, 6.45) is 0. The molecule has 0 aliphatic carbocycles. The molecule has 0 atom stereocenters. The van der Waals surface area contributed by atoms with E-state index < -0.39 is 3.25 Å². The molecule has 12 heteroatoms. The van der Waals surface area contributed by atoms with Gasteiger partial charge >= 0.3 is 24.8 Å². The van der Waals surface area contributed by atoms with Crippen LogP contribution in [0.5, 0.6) is 0 Å². The van der Waals surface area contributed by atoms with Crippen LogP contribution in [-0.2, 0) is 5.33 Å². The number of hydrogen-bond donors (Lipinski definition) is 1. The predicted molar refractivity (Wildman–Crippen MR) is 154 cm³/mol. The Bertz CT molecular complexity index is 1190. The molecule has 0 N–H and O–H groups in total. The van der Waals surface area contributed by atoms with Gasteiger partial charge < -0.3 is 0 Å². The van der Waals surface area contributed by atoms with Crippen LogP contribution in [0.2, 0.25) is 10.3 Å². The van der Waals surface area contributed by atoms with Crippen molar-refractivity contribution in [3.63, 3.8) is 0 Å². The average molecular weight is 646 g/mol. The minimum atomic E-state index is -1.61. The fraction of sp³-hybridized carbons (Fsp3) is 0.143. The van der Waals surface area contributed by atoms with Gasteiger partial charge in [-0.1, -0.05) is 122 Å². The van der Waals surface area contributed by atoms with Crippen LogP contribution in [0.25, 0.3) is 21.8 Å². The third-order valence-electron chi connectivity index (χ3n) is 3.81. The molecule has 0 fully saturated rings. The van der Waals surface area contributed by atoms with Crippen molar-refractivity contribution in [2.75, 3.05) is 0 Å². The van der Waals surface area contributed by atoms with Gasteiger partial charge in [0.05, 0.1) is 11.0 Å². The Morgan fingerprint density at radius 1 is 0.879 bits per heavy atom. The van der Waals surface area contributed by atoms with Gasteiger partial charge in [0.1, 0.15) is 10.3 Å². The zero-order chi connectivity index (χ0) is 25.0. The molecular weight excluding hydrogens is 630 g/mol. The number of para-hydroxylation sites is 2. The first kappa shape index (κ1) is 30.7. The molecule has 1 radical (unpaired) electrons. The maximum absolute atomic E-state index is 5.87. The standard InChI is InChI=1S/C10H7BrClN.C10H8ClN.CCl4.BHNS/c11-6-7-5-10(12)13-9-4-2-1-3-8(7)9;1-7-6-10(11)12-9-5-3-2-4-8(7)9;2-1(3,4)5;1-2-3/h1-5H,6H2;2-6H,1H3;;3H. The number of alkyl halides is 5. The van der Waals surface area contributed by atoms with E-state index in [0.29, 0.717) is 10.3 Å². The van der Waals surface area contributed by atoms with Gasteiger partial charge in [0.2, 0.25) is 0 Å². The fourth-order valence-corrected chi connectivity index (χ4v) is 3.57. The minimum absolute atomic E-state index is 0.549. The Labute approximate surface area is 237 Å². The normalized spacial score (nSPS) is 10.2. The van der Waals surface area contributed by atoms with Gasteiger partial charge in [-0.05, 0) is 42.3 Å². The van der Waals surface area contributed by atoms with Crippen molar-refractivity contribution in [3.8, 4) is 0 Å². The summed E-state index contributed by atoms with van der Waals surface area (Å²) in [6, 6.07) is 19.7. The van der Waals surface area contributed by atoms with E-state index in [0.717, 1.165) is 21.7 Å². The summed E-state index contributed by atoms with van der Waals surface area (Å²) >= 11 is 37.6. The number of pyridine rings is 2. The van der Waals surface area contributed by atoms with Crippen LogP contribution in [0.15, 0.2) is 65.0 Å². The Morgan fingerprint density at radius 3 is 1.76 bits per heavy atom. The molecule has 33 heavy (non-hydrogen) atoms. The third-order valence-corrected chi connectivity index (χ3v) is 4.80. The molecule has 3 nitrogen and oxygen atoms in total. The molecule has 4 aromatic rings. The van der Waals surface area contributed by atoms with Crippen LogP contribution < -0.4 is 0 Å². The zero-order valence-corrected chi connectivity index (χ0v) is 24.0. The van der Waals surface area contributed by atoms with Crippen LogP contribution >= 0.6 is 98.4 Å². The number of halogens is 7. The number of benzene rings is 2. The second kappa shape index (κ2) is 15.6. The summed E-state index contributed by atoms with van der Waals surface area (Å²) in [5.74, 6) is 0. The van der Waals surface area contributed by atoms with Crippen LogP contribution in [0.3, 0.4) is 0 Å². The summed E-state index contributed by atoms with van der Waals surface area (Å²) in [4.78, 5) is 8.43. The topological polar surface area (TPSA) is 38.1 Å². The number of rotatable bonds is 1. The van der Waals surface area contributed by atoms with E-state index in [2.05, 4.69) is 56.7 Å². The molecule has 0 saturated carbocycles. The molecule has 0 bridgehead atoms. The Kier molecular flexibility index (Phi) is 14.6. The van der Waals surface area contributed by atoms with E-state index in [1.807, 2.05) is 61.5 Å².